The zero-order chi connectivity index (χ0) is 52.2. The SMILES string of the molecule is CC/C=C\C/C=C\C/C=C\C/C=C\C/C=C\C/C=C\C/C=C\C/C=C\C/C=C\CCCC(=O)OCC(COC(=O)CCCCCCCCCC)OC(=O)CCCCCCCCC/C=C\CCCCCCCC. The summed E-state index contributed by atoms with van der Waals surface area (Å²) in [6.45, 7) is 6.44. The molecule has 0 aromatic carbocycles. The van der Waals surface area contributed by atoms with Gasteiger partial charge < -0.3 is 14.2 Å². The molecule has 408 valence electrons. The summed E-state index contributed by atoms with van der Waals surface area (Å²) in [5.74, 6) is -0.971. The van der Waals surface area contributed by atoms with Gasteiger partial charge in [0.1, 0.15) is 13.2 Å². The van der Waals surface area contributed by atoms with Crippen molar-refractivity contribution in [3.63, 3.8) is 0 Å². The summed E-state index contributed by atoms with van der Waals surface area (Å²) in [6.07, 6.45) is 82.1. The number of unbranched alkanes of at least 4 members (excludes halogenated alkanes) is 21. The van der Waals surface area contributed by atoms with Crippen molar-refractivity contribution < 1.29 is 28.6 Å². The topological polar surface area (TPSA) is 78.9 Å². The number of hydrogen-bond donors (Lipinski definition) is 0. The van der Waals surface area contributed by atoms with E-state index in [0.717, 1.165) is 103 Å². The summed E-state index contributed by atoms with van der Waals surface area (Å²) in [4.78, 5) is 38.0. The van der Waals surface area contributed by atoms with Crippen LogP contribution in [0, 0.1) is 0 Å². The van der Waals surface area contributed by atoms with E-state index in [-0.39, 0.29) is 37.5 Å². The molecule has 0 fully saturated rings. The molecule has 1 atom stereocenters. The Morgan fingerprint density at radius 2 is 0.556 bits per heavy atom. The fourth-order valence-corrected chi connectivity index (χ4v) is 7.79. The van der Waals surface area contributed by atoms with Gasteiger partial charge in [0.05, 0.1) is 0 Å². The minimum atomic E-state index is -0.804. The van der Waals surface area contributed by atoms with Crippen molar-refractivity contribution in [2.75, 3.05) is 13.2 Å². The monoisotopic (exact) mass is 997 g/mol. The van der Waals surface area contributed by atoms with Gasteiger partial charge in [-0.3, -0.25) is 14.4 Å². The van der Waals surface area contributed by atoms with Gasteiger partial charge in [0.2, 0.25) is 0 Å². The first-order valence-electron chi connectivity index (χ1n) is 29.5. The highest BCUT2D eigenvalue weighted by atomic mass is 16.6. The van der Waals surface area contributed by atoms with Crippen LogP contribution in [0.4, 0.5) is 0 Å². The van der Waals surface area contributed by atoms with Gasteiger partial charge in [-0.25, -0.2) is 0 Å². The van der Waals surface area contributed by atoms with E-state index < -0.39 is 6.10 Å². The van der Waals surface area contributed by atoms with Crippen LogP contribution in [0.2, 0.25) is 0 Å². The molecule has 0 spiro atoms. The van der Waals surface area contributed by atoms with Crippen LogP contribution in [0.5, 0.6) is 0 Å². The van der Waals surface area contributed by atoms with E-state index in [9.17, 15) is 14.4 Å². The predicted octanol–water partition coefficient (Wildman–Crippen LogP) is 20.0. The Hall–Kier alpha value is -4.19. The Labute approximate surface area is 443 Å². The molecule has 0 aliphatic rings. The van der Waals surface area contributed by atoms with Crippen molar-refractivity contribution in [2.24, 2.45) is 0 Å². The third-order valence-electron chi connectivity index (χ3n) is 12.2. The van der Waals surface area contributed by atoms with Crippen molar-refractivity contribution in [1.29, 1.82) is 0 Å². The van der Waals surface area contributed by atoms with Gasteiger partial charge >= 0.3 is 17.9 Å². The number of carbonyl (C=O) groups excluding carboxylic acids is 3. The normalized spacial score (nSPS) is 13.0. The van der Waals surface area contributed by atoms with E-state index in [1.807, 2.05) is 0 Å². The Morgan fingerprint density at radius 1 is 0.292 bits per heavy atom. The number of rotatable bonds is 52. The fraction of sp³-hybridized carbons (Fsp3) is 0.652. The summed E-state index contributed by atoms with van der Waals surface area (Å²) >= 11 is 0. The van der Waals surface area contributed by atoms with Gasteiger partial charge in [-0.05, 0) is 109 Å². The van der Waals surface area contributed by atoms with Crippen LogP contribution >= 0.6 is 0 Å². The molecule has 0 aromatic heterocycles. The molecule has 0 rings (SSSR count). The second-order valence-electron chi connectivity index (χ2n) is 19.2. The number of carbonyl (C=O) groups is 3. The van der Waals surface area contributed by atoms with Crippen molar-refractivity contribution in [3.05, 3.63) is 122 Å². The highest BCUT2D eigenvalue weighted by Crippen LogP contribution is 2.14. The molecule has 0 radical (unpaired) electrons. The van der Waals surface area contributed by atoms with Crippen LogP contribution < -0.4 is 0 Å². The Balaban J connectivity index is 4.34. The molecular weight excluding hydrogens is 889 g/mol. The number of allylic oxidation sites excluding steroid dienone is 20. The Bertz CT molecular complexity index is 1520. The number of ether oxygens (including phenoxy) is 3. The molecule has 0 heterocycles. The van der Waals surface area contributed by atoms with Crippen LogP contribution in [0.15, 0.2) is 122 Å². The number of esters is 3. The lowest BCUT2D eigenvalue weighted by Gasteiger charge is -2.18. The van der Waals surface area contributed by atoms with Gasteiger partial charge in [-0.15, -0.1) is 0 Å². The van der Waals surface area contributed by atoms with Crippen molar-refractivity contribution in [1.82, 2.24) is 0 Å². The van der Waals surface area contributed by atoms with Crippen molar-refractivity contribution in [3.8, 4) is 0 Å². The fourth-order valence-electron chi connectivity index (χ4n) is 7.79. The standard InChI is InChI=1S/C66H108O6/c1-4-7-10-13-16-19-21-23-25-27-28-29-30-31-32-33-34-35-36-37-38-40-41-43-45-47-50-53-56-59-65(68)71-62-63(61-70-64(67)58-55-52-49-18-15-12-9-6-3)72-66(69)60-57-54-51-48-46-44-42-39-26-24-22-20-17-14-11-8-5-2/h7,10,16,19,23-26,28-29,31-32,34-35,37-38,41,43,47,50,63H,4-6,8-9,11-15,17-18,20-22,27,30,33,36,39-40,42,44-46,48-49,51-62H2,1-3H3/b10-7-,19-16-,25-23-,26-24-,29-28-,32-31-,35-34-,38-37-,43-41-,50-47-. The smallest absolute Gasteiger partial charge is 0.306 e. The van der Waals surface area contributed by atoms with Crippen molar-refractivity contribution in [2.45, 2.75) is 264 Å². The zero-order valence-corrected chi connectivity index (χ0v) is 46.7. The molecule has 0 N–H and O–H groups in total. The second kappa shape index (κ2) is 59.4. The maximum absolute atomic E-state index is 12.8. The van der Waals surface area contributed by atoms with Gasteiger partial charge in [0.15, 0.2) is 6.10 Å². The van der Waals surface area contributed by atoms with E-state index in [2.05, 4.69) is 142 Å². The van der Waals surface area contributed by atoms with E-state index in [1.54, 1.807) is 0 Å². The summed E-state index contributed by atoms with van der Waals surface area (Å²) < 4.78 is 16.7. The summed E-state index contributed by atoms with van der Waals surface area (Å²) in [5.41, 5.74) is 0. The molecule has 6 nitrogen and oxygen atoms in total. The molecule has 72 heavy (non-hydrogen) atoms. The maximum Gasteiger partial charge on any atom is 0.306 e. The largest absolute Gasteiger partial charge is 0.462 e. The summed E-state index contributed by atoms with van der Waals surface area (Å²) in [5, 5.41) is 0. The third kappa shape index (κ3) is 56.7. The zero-order valence-electron chi connectivity index (χ0n) is 46.7. The average Bonchev–Trinajstić information content (AvgIpc) is 3.38. The lowest BCUT2D eigenvalue weighted by Crippen LogP contribution is -2.30. The van der Waals surface area contributed by atoms with E-state index in [4.69, 9.17) is 14.2 Å². The highest BCUT2D eigenvalue weighted by molar-refractivity contribution is 5.71. The van der Waals surface area contributed by atoms with E-state index in [1.165, 1.54) is 109 Å². The first-order valence-corrected chi connectivity index (χ1v) is 29.5. The van der Waals surface area contributed by atoms with Crippen LogP contribution in [-0.2, 0) is 28.6 Å². The maximum atomic E-state index is 12.8. The summed E-state index contributed by atoms with van der Waals surface area (Å²) in [6, 6.07) is 0. The van der Waals surface area contributed by atoms with E-state index >= 15 is 0 Å². The second-order valence-corrected chi connectivity index (χ2v) is 19.2. The molecule has 0 aliphatic carbocycles. The molecule has 0 bridgehead atoms. The third-order valence-corrected chi connectivity index (χ3v) is 12.2. The first-order chi connectivity index (χ1) is 35.5. The van der Waals surface area contributed by atoms with Gasteiger partial charge in [0, 0.05) is 19.3 Å². The quantitative estimate of drug-likeness (QED) is 0.0261. The first kappa shape index (κ1) is 67.8. The highest BCUT2D eigenvalue weighted by Gasteiger charge is 2.19. The van der Waals surface area contributed by atoms with Crippen LogP contribution in [0.1, 0.15) is 258 Å². The molecule has 0 amide bonds. The molecule has 0 saturated heterocycles. The molecule has 0 aromatic rings. The van der Waals surface area contributed by atoms with Gasteiger partial charge in [-0.1, -0.05) is 251 Å². The van der Waals surface area contributed by atoms with Crippen LogP contribution in [0.3, 0.4) is 0 Å². The molecule has 1 unspecified atom stereocenters. The molecule has 0 aliphatic heterocycles. The molecule has 6 heteroatoms. The Kier molecular flexibility index (Phi) is 55.9. The van der Waals surface area contributed by atoms with Gasteiger partial charge in [-0.2, -0.15) is 0 Å². The lowest BCUT2D eigenvalue weighted by molar-refractivity contribution is -0.167. The van der Waals surface area contributed by atoms with Crippen LogP contribution in [-0.4, -0.2) is 37.2 Å². The lowest BCUT2D eigenvalue weighted by atomic mass is 10.1. The summed E-state index contributed by atoms with van der Waals surface area (Å²) in [7, 11) is 0. The van der Waals surface area contributed by atoms with Gasteiger partial charge in [0.25, 0.3) is 0 Å². The predicted molar refractivity (Wildman–Crippen MR) is 311 cm³/mol. The minimum Gasteiger partial charge on any atom is -0.462 e. The number of hydrogen-bond acceptors (Lipinski definition) is 6. The van der Waals surface area contributed by atoms with E-state index in [0.29, 0.717) is 19.3 Å². The Morgan fingerprint density at radius 3 is 0.917 bits per heavy atom. The minimum absolute atomic E-state index is 0.0986. The average molecular weight is 998 g/mol. The van der Waals surface area contributed by atoms with Crippen molar-refractivity contribution >= 4 is 17.9 Å². The molecular formula is C66H108O6. The molecule has 0 saturated carbocycles. The van der Waals surface area contributed by atoms with Crippen LogP contribution in [0.25, 0.3) is 0 Å².